The first-order valence-electron chi connectivity index (χ1n) is 13.4. The van der Waals surface area contributed by atoms with E-state index in [2.05, 4.69) is 5.32 Å². The average molecular weight is 584 g/mol. The van der Waals surface area contributed by atoms with Gasteiger partial charge in [0.15, 0.2) is 0 Å². The van der Waals surface area contributed by atoms with Crippen LogP contribution < -0.4 is 9.62 Å². The molecule has 1 N–H and O–H groups in total. The maximum Gasteiger partial charge on any atom is 0.243 e. The lowest BCUT2D eigenvalue weighted by Crippen LogP contribution is -2.50. The molecule has 0 bridgehead atoms. The van der Waals surface area contributed by atoms with Crippen LogP contribution >= 0.6 is 11.6 Å². The number of halogens is 1. The van der Waals surface area contributed by atoms with E-state index < -0.39 is 16.1 Å². The molecule has 0 aromatic heterocycles. The van der Waals surface area contributed by atoms with Gasteiger partial charge in [-0.25, -0.2) is 8.42 Å². The van der Waals surface area contributed by atoms with Crippen molar-refractivity contribution in [3.05, 3.63) is 100 Å². The Morgan fingerprint density at radius 2 is 1.62 bits per heavy atom. The smallest absolute Gasteiger partial charge is 0.243 e. The molecule has 1 atom stereocenters. The number of carbonyl (C=O) groups is 2. The van der Waals surface area contributed by atoms with Crippen molar-refractivity contribution in [2.45, 2.75) is 52.6 Å². The minimum absolute atomic E-state index is 0.0716. The Morgan fingerprint density at radius 1 is 0.925 bits per heavy atom. The van der Waals surface area contributed by atoms with Gasteiger partial charge < -0.3 is 10.2 Å². The molecule has 0 radical (unpaired) electrons. The Kier molecular flexibility index (Phi) is 11.2. The number of carbonyl (C=O) groups excluding carboxylic acids is 2. The second-order valence-electron chi connectivity index (χ2n) is 9.96. The molecule has 9 heteroatoms. The first-order chi connectivity index (χ1) is 19.0. The van der Waals surface area contributed by atoms with Crippen LogP contribution in [0.1, 0.15) is 42.0 Å². The highest BCUT2D eigenvalue weighted by molar-refractivity contribution is 7.92. The van der Waals surface area contributed by atoms with Gasteiger partial charge in [0, 0.05) is 37.5 Å². The van der Waals surface area contributed by atoms with Crippen molar-refractivity contribution in [1.29, 1.82) is 0 Å². The number of aryl methyl sites for hydroxylation is 2. The molecule has 7 nitrogen and oxygen atoms in total. The van der Waals surface area contributed by atoms with Crippen molar-refractivity contribution >= 4 is 39.1 Å². The van der Waals surface area contributed by atoms with Gasteiger partial charge in [0.1, 0.15) is 6.04 Å². The Hall–Kier alpha value is -3.36. The van der Waals surface area contributed by atoms with Crippen molar-refractivity contribution in [1.82, 2.24) is 10.2 Å². The van der Waals surface area contributed by atoms with Crippen LogP contribution in [0.3, 0.4) is 0 Å². The molecule has 0 aliphatic heterocycles. The number of benzene rings is 3. The molecular weight excluding hydrogens is 546 g/mol. The van der Waals surface area contributed by atoms with Crippen molar-refractivity contribution in [3.8, 4) is 0 Å². The van der Waals surface area contributed by atoms with Crippen molar-refractivity contribution in [2.75, 3.05) is 23.7 Å². The zero-order chi connectivity index (χ0) is 29.3. The lowest BCUT2D eigenvalue weighted by Gasteiger charge is -2.32. The molecule has 214 valence electrons. The van der Waals surface area contributed by atoms with Crippen LogP contribution in [0.4, 0.5) is 5.69 Å². The number of rotatable bonds is 13. The molecule has 40 heavy (non-hydrogen) atoms. The number of anilines is 1. The summed E-state index contributed by atoms with van der Waals surface area (Å²) in [7, 11) is -3.57. The van der Waals surface area contributed by atoms with Gasteiger partial charge in [-0.05, 0) is 73.7 Å². The third kappa shape index (κ3) is 8.83. The van der Waals surface area contributed by atoms with E-state index in [1.54, 1.807) is 23.1 Å². The molecule has 2 amide bonds. The van der Waals surface area contributed by atoms with Crippen LogP contribution in [0.25, 0.3) is 0 Å². The molecule has 0 heterocycles. The molecular formula is C31H38ClN3O4S. The first-order valence-corrected chi connectivity index (χ1v) is 15.6. The molecule has 0 fully saturated rings. The fourth-order valence-corrected chi connectivity index (χ4v) is 5.73. The summed E-state index contributed by atoms with van der Waals surface area (Å²) in [5.41, 5.74) is 4.36. The minimum Gasteiger partial charge on any atom is -0.355 e. The molecule has 3 aromatic rings. The summed E-state index contributed by atoms with van der Waals surface area (Å²) in [5.74, 6) is -0.477. The van der Waals surface area contributed by atoms with E-state index in [0.717, 1.165) is 22.3 Å². The number of nitrogens with one attached hydrogen (secondary N) is 1. The Bertz CT molecular complexity index is 1410. The number of sulfonamides is 1. The maximum atomic E-state index is 13.8. The van der Waals surface area contributed by atoms with Crippen LogP contribution in [-0.2, 0) is 32.6 Å². The van der Waals surface area contributed by atoms with Gasteiger partial charge >= 0.3 is 0 Å². The van der Waals surface area contributed by atoms with Gasteiger partial charge in [-0.1, -0.05) is 60.1 Å². The van der Waals surface area contributed by atoms with E-state index in [-0.39, 0.29) is 31.3 Å². The van der Waals surface area contributed by atoms with Gasteiger partial charge in [0.05, 0.1) is 11.9 Å². The second-order valence-corrected chi connectivity index (χ2v) is 12.3. The van der Waals surface area contributed by atoms with Gasteiger partial charge in [-0.15, -0.1) is 0 Å². The van der Waals surface area contributed by atoms with Gasteiger partial charge in [0.2, 0.25) is 21.8 Å². The monoisotopic (exact) mass is 583 g/mol. The summed E-state index contributed by atoms with van der Waals surface area (Å²) in [5, 5.41) is 3.42. The quantitative estimate of drug-likeness (QED) is 0.297. The van der Waals surface area contributed by atoms with Gasteiger partial charge in [-0.2, -0.15) is 0 Å². The fraction of sp³-hybridized carbons (Fsp3) is 0.355. The molecule has 0 aliphatic rings. The third-order valence-electron chi connectivity index (χ3n) is 6.79. The predicted octanol–water partition coefficient (Wildman–Crippen LogP) is 5.28. The summed E-state index contributed by atoms with van der Waals surface area (Å²) in [6.45, 7) is 6.52. The minimum atomic E-state index is -3.57. The predicted molar refractivity (Wildman–Crippen MR) is 162 cm³/mol. The van der Waals surface area contributed by atoms with E-state index in [1.165, 1.54) is 10.6 Å². The topological polar surface area (TPSA) is 86.8 Å². The summed E-state index contributed by atoms with van der Waals surface area (Å²) < 4.78 is 26.6. The van der Waals surface area contributed by atoms with E-state index in [4.69, 9.17) is 11.6 Å². The van der Waals surface area contributed by atoms with E-state index >= 15 is 0 Å². The van der Waals surface area contributed by atoms with Crippen LogP contribution in [0, 0.1) is 13.8 Å². The fourth-order valence-electron chi connectivity index (χ4n) is 4.56. The number of nitrogens with zero attached hydrogens (tertiary/aromatic N) is 2. The number of hydrogen-bond donors (Lipinski definition) is 1. The first kappa shape index (κ1) is 31.2. The standard InChI is InChI=1S/C31H38ClN3O4S/c1-5-33-31(37)29(21-25-11-7-6-8-12-25)34(22-26-13-9-14-27(32)20-26)30(36)15-10-18-35(40(4,38)39)28-17-16-23(2)24(3)19-28/h6-9,11-14,16-17,19-20,29H,5,10,15,18,21-22H2,1-4H3,(H,33,37)/t29-/m0/s1. The Morgan fingerprint density at radius 3 is 2.25 bits per heavy atom. The van der Waals surface area contributed by atoms with Crippen molar-refractivity contribution < 1.29 is 18.0 Å². The van der Waals surface area contributed by atoms with Crippen molar-refractivity contribution in [2.24, 2.45) is 0 Å². The molecule has 0 aliphatic carbocycles. The maximum absolute atomic E-state index is 13.8. The Labute approximate surface area is 243 Å². The van der Waals surface area contributed by atoms with Gasteiger partial charge in [-0.3, -0.25) is 13.9 Å². The van der Waals surface area contributed by atoms with Crippen LogP contribution in [-0.4, -0.2) is 50.5 Å². The van der Waals surface area contributed by atoms with E-state index in [0.29, 0.717) is 30.1 Å². The third-order valence-corrected chi connectivity index (χ3v) is 8.22. The highest BCUT2D eigenvalue weighted by Crippen LogP contribution is 2.23. The molecule has 0 unspecified atom stereocenters. The molecule has 0 spiro atoms. The van der Waals surface area contributed by atoms with Crippen LogP contribution in [0.5, 0.6) is 0 Å². The van der Waals surface area contributed by atoms with E-state index in [1.807, 2.05) is 75.4 Å². The summed E-state index contributed by atoms with van der Waals surface area (Å²) >= 11 is 6.22. The zero-order valence-electron chi connectivity index (χ0n) is 23.6. The summed E-state index contributed by atoms with van der Waals surface area (Å²) in [6.07, 6.45) is 1.87. The Balaban J connectivity index is 1.87. The molecule has 0 saturated heterocycles. The summed E-state index contributed by atoms with van der Waals surface area (Å²) in [6, 6.07) is 21.6. The molecule has 3 rings (SSSR count). The van der Waals surface area contributed by atoms with E-state index in [9.17, 15) is 18.0 Å². The van der Waals surface area contributed by atoms with Crippen LogP contribution in [0.15, 0.2) is 72.8 Å². The normalized spacial score (nSPS) is 12.0. The average Bonchev–Trinajstić information content (AvgIpc) is 2.90. The van der Waals surface area contributed by atoms with Crippen LogP contribution in [0.2, 0.25) is 5.02 Å². The van der Waals surface area contributed by atoms with Crippen molar-refractivity contribution in [3.63, 3.8) is 0 Å². The highest BCUT2D eigenvalue weighted by Gasteiger charge is 2.30. The highest BCUT2D eigenvalue weighted by atomic mass is 35.5. The molecule has 0 saturated carbocycles. The zero-order valence-corrected chi connectivity index (χ0v) is 25.1. The SMILES string of the molecule is CCNC(=O)[C@H](Cc1ccccc1)N(Cc1cccc(Cl)c1)C(=O)CCCN(c1ccc(C)c(C)c1)S(C)(=O)=O. The lowest BCUT2D eigenvalue weighted by molar-refractivity contribution is -0.141. The lowest BCUT2D eigenvalue weighted by atomic mass is 10.0. The number of amides is 2. The summed E-state index contributed by atoms with van der Waals surface area (Å²) in [4.78, 5) is 28.7. The van der Waals surface area contributed by atoms with Gasteiger partial charge in [0.25, 0.3) is 0 Å². The number of hydrogen-bond acceptors (Lipinski definition) is 4. The largest absolute Gasteiger partial charge is 0.355 e. The number of likely N-dealkylation sites (N-methyl/N-ethyl adjacent to an activating group) is 1. The molecule has 3 aromatic carbocycles. The second kappa shape index (κ2) is 14.3.